The van der Waals surface area contributed by atoms with E-state index in [-0.39, 0.29) is 52.3 Å². The highest BCUT2D eigenvalue weighted by molar-refractivity contribution is 5.66. The van der Waals surface area contributed by atoms with Crippen LogP contribution < -0.4 is 0 Å². The number of allylic oxidation sites excluding steroid dienone is 1. The van der Waals surface area contributed by atoms with E-state index >= 15 is 0 Å². The topological polar surface area (TPSA) is 262 Å². The highest BCUT2D eigenvalue weighted by atomic mass is 16.8. The highest BCUT2D eigenvalue weighted by Gasteiger charge is 2.81. The van der Waals surface area contributed by atoms with Gasteiger partial charge in [0.05, 0.1) is 44.2 Å². The number of hydrogen-bond acceptors (Lipinski definition) is 18. The molecule has 0 aromatic rings. The number of ether oxygens (including phenoxy) is 9. The first-order chi connectivity index (χ1) is 30.9. The summed E-state index contributed by atoms with van der Waals surface area (Å²) >= 11 is 0. The second-order valence-electron chi connectivity index (χ2n) is 23.1. The van der Waals surface area contributed by atoms with Gasteiger partial charge in [-0.25, -0.2) is 0 Å². The van der Waals surface area contributed by atoms with Gasteiger partial charge in [-0.15, -0.1) is 0 Å². The van der Waals surface area contributed by atoms with Gasteiger partial charge in [0.25, 0.3) is 0 Å². The molecule has 2 spiro atoms. The number of fused-ring (bicyclic) bond motifs is 4. The Morgan fingerprint density at radius 3 is 2.18 bits per heavy atom. The molecule has 8 N–H and O–H groups in total. The van der Waals surface area contributed by atoms with Crippen molar-refractivity contribution in [2.24, 2.45) is 45.3 Å². The fourth-order valence-electron chi connectivity index (χ4n) is 15.8. The molecule has 18 nitrogen and oxygen atoms in total. The average molecular weight is 941 g/mol. The van der Waals surface area contributed by atoms with Gasteiger partial charge in [0, 0.05) is 31.1 Å². The van der Waals surface area contributed by atoms with Gasteiger partial charge in [0.1, 0.15) is 54.9 Å². The normalized spacial score (nSPS) is 55.2. The van der Waals surface area contributed by atoms with Crippen molar-refractivity contribution in [1.29, 1.82) is 0 Å². The molecule has 2 bridgehead atoms. The zero-order valence-electron chi connectivity index (χ0n) is 39.7. The smallest absolute Gasteiger partial charge is 0.303 e. The monoisotopic (exact) mass is 941 g/mol. The quantitative estimate of drug-likeness (QED) is 0.0917. The van der Waals surface area contributed by atoms with E-state index in [0.29, 0.717) is 31.3 Å². The fourth-order valence-corrected chi connectivity index (χ4v) is 15.8. The van der Waals surface area contributed by atoms with Crippen LogP contribution in [0.2, 0.25) is 0 Å². The number of carbonyl (C=O) groups excluding carboxylic acids is 1. The summed E-state index contributed by atoms with van der Waals surface area (Å²) in [5, 5.41) is 86.6. The highest BCUT2D eigenvalue weighted by Crippen LogP contribution is 2.80. The second-order valence-corrected chi connectivity index (χ2v) is 23.1. The van der Waals surface area contributed by atoms with E-state index in [9.17, 15) is 45.6 Å². The molecule has 5 aliphatic heterocycles. The van der Waals surface area contributed by atoms with Gasteiger partial charge in [-0.05, 0) is 93.3 Å². The Bertz CT molecular complexity index is 1830. The van der Waals surface area contributed by atoms with Gasteiger partial charge in [-0.2, -0.15) is 0 Å². The molecule has 66 heavy (non-hydrogen) atoms. The number of carbonyl (C=O) groups is 1. The van der Waals surface area contributed by atoms with E-state index in [1.54, 1.807) is 0 Å². The van der Waals surface area contributed by atoms with Crippen LogP contribution in [0.5, 0.6) is 0 Å². The molecule has 0 radical (unpaired) electrons. The average Bonchev–Trinajstić information content (AvgIpc) is 3.76. The maximum absolute atomic E-state index is 12.6. The molecule has 0 aromatic heterocycles. The van der Waals surface area contributed by atoms with E-state index in [0.717, 1.165) is 44.1 Å². The second kappa shape index (κ2) is 17.4. The molecule has 0 unspecified atom stereocenters. The third-order valence-corrected chi connectivity index (χ3v) is 18.7. The molecule has 4 saturated carbocycles. The van der Waals surface area contributed by atoms with Crippen LogP contribution >= 0.6 is 0 Å². The molecule has 9 rings (SSSR count). The summed E-state index contributed by atoms with van der Waals surface area (Å²) < 4.78 is 55.7. The Morgan fingerprint density at radius 2 is 1.48 bits per heavy atom. The molecule has 9 fully saturated rings. The first-order valence-electron chi connectivity index (χ1n) is 24.3. The zero-order valence-corrected chi connectivity index (χ0v) is 39.7. The summed E-state index contributed by atoms with van der Waals surface area (Å²) in [5.41, 5.74) is -0.358. The van der Waals surface area contributed by atoms with Crippen LogP contribution in [0, 0.1) is 45.3 Å². The Morgan fingerprint density at radius 1 is 0.758 bits per heavy atom. The third kappa shape index (κ3) is 7.69. The lowest BCUT2D eigenvalue weighted by atomic mass is 9.35. The van der Waals surface area contributed by atoms with Crippen LogP contribution in [0.4, 0.5) is 0 Å². The summed E-state index contributed by atoms with van der Waals surface area (Å²) in [6, 6.07) is 0. The van der Waals surface area contributed by atoms with Gasteiger partial charge in [-0.1, -0.05) is 39.3 Å². The zero-order chi connectivity index (χ0) is 47.7. The molecule has 4 aliphatic carbocycles. The van der Waals surface area contributed by atoms with E-state index in [4.69, 9.17) is 42.6 Å². The van der Waals surface area contributed by atoms with E-state index < -0.39 is 110 Å². The molecule has 0 amide bonds. The first kappa shape index (κ1) is 49.5. The summed E-state index contributed by atoms with van der Waals surface area (Å²) in [6.45, 7) is 16.0. The first-order valence-corrected chi connectivity index (χ1v) is 24.3. The SMILES string of the molecule is CC(=O)O[C@@H]1[C@@H](O[C@H]2CC[C@@]3(C)[C@H](CC[C@@]4(C)[C@@H]3CC[C@H]3[C@H]5[C@]6(C[C@]34CO6)O[C@H](C=C(C)C)C[C@]5(C)O)C2(C)C)OC[C@H](O[C@H]2O[C@@H](CO)[C@H](O)[C@@H](O)[C@@H]2O[C@H]2OC[C@H](O)[C@@H](O)[C@@H]2O)[C@H]1O. The molecule has 5 saturated heterocycles. The van der Waals surface area contributed by atoms with Gasteiger partial charge in [-0.3, -0.25) is 4.79 Å². The van der Waals surface area contributed by atoms with Crippen LogP contribution in [0.1, 0.15) is 107 Å². The number of rotatable bonds is 9. The fraction of sp³-hybridized carbons (Fsp3) is 0.938. The van der Waals surface area contributed by atoms with Crippen molar-refractivity contribution in [3.63, 3.8) is 0 Å². The van der Waals surface area contributed by atoms with Crippen molar-refractivity contribution >= 4 is 5.97 Å². The van der Waals surface area contributed by atoms with Crippen molar-refractivity contribution in [3.05, 3.63) is 11.6 Å². The van der Waals surface area contributed by atoms with Gasteiger partial charge in [0.2, 0.25) is 0 Å². The van der Waals surface area contributed by atoms with Crippen LogP contribution in [0.25, 0.3) is 0 Å². The minimum atomic E-state index is -1.77. The molecule has 5 heterocycles. The Balaban J connectivity index is 0.905. The van der Waals surface area contributed by atoms with Gasteiger partial charge >= 0.3 is 5.97 Å². The van der Waals surface area contributed by atoms with Crippen molar-refractivity contribution in [2.75, 3.05) is 26.4 Å². The van der Waals surface area contributed by atoms with Crippen LogP contribution in [0.15, 0.2) is 11.6 Å². The van der Waals surface area contributed by atoms with Gasteiger partial charge in [0.15, 0.2) is 30.8 Å². The lowest BCUT2D eigenvalue weighted by molar-refractivity contribution is -0.378. The Kier molecular flexibility index (Phi) is 13.1. The lowest BCUT2D eigenvalue weighted by Gasteiger charge is -2.70. The molecule has 9 aliphatic rings. The predicted molar refractivity (Wildman–Crippen MR) is 228 cm³/mol. The number of esters is 1. The Hall–Kier alpha value is -1.43. The largest absolute Gasteiger partial charge is 0.454 e. The minimum Gasteiger partial charge on any atom is -0.454 e. The maximum atomic E-state index is 12.6. The summed E-state index contributed by atoms with van der Waals surface area (Å²) in [6.07, 6.45) is -11.3. The number of aliphatic hydroxyl groups is 8. The Labute approximate surface area is 387 Å². The number of aliphatic hydroxyl groups excluding tert-OH is 7. The molecule has 0 aromatic carbocycles. The predicted octanol–water partition coefficient (Wildman–Crippen LogP) is 1.18. The summed E-state index contributed by atoms with van der Waals surface area (Å²) in [7, 11) is 0. The van der Waals surface area contributed by atoms with E-state index in [1.165, 1.54) is 6.92 Å². The van der Waals surface area contributed by atoms with E-state index in [2.05, 4.69) is 47.6 Å². The van der Waals surface area contributed by atoms with Crippen molar-refractivity contribution in [2.45, 2.75) is 210 Å². The van der Waals surface area contributed by atoms with Crippen molar-refractivity contribution in [3.8, 4) is 0 Å². The minimum absolute atomic E-state index is 0.0471. The molecule has 376 valence electrons. The molecular formula is C48H76O18. The summed E-state index contributed by atoms with van der Waals surface area (Å²) in [4.78, 5) is 12.6. The summed E-state index contributed by atoms with van der Waals surface area (Å²) in [5.74, 6) is -0.654. The van der Waals surface area contributed by atoms with Crippen LogP contribution in [0.3, 0.4) is 0 Å². The van der Waals surface area contributed by atoms with Gasteiger partial charge < -0.3 is 83.5 Å². The van der Waals surface area contributed by atoms with Crippen LogP contribution in [-0.2, 0) is 47.4 Å². The lowest BCUT2D eigenvalue weighted by Crippen LogP contribution is -2.67. The molecule has 24 atom stereocenters. The number of hydrogen-bond donors (Lipinski definition) is 8. The van der Waals surface area contributed by atoms with Crippen LogP contribution in [-0.4, -0.2) is 177 Å². The molecular weight excluding hydrogens is 865 g/mol. The third-order valence-electron chi connectivity index (χ3n) is 18.7. The molecule has 18 heteroatoms. The standard InChI is InChI=1S/C48H76O18/c1-22(2)15-24-16-46(8,57)39-25-9-10-30-44(6)13-12-31(43(4,5)29(44)11-14-45(30,7)47(25)20-48(39,66-24)60-21-47)64-41-37(61-23(3)50)34(54)28(19-59-41)63-42-38(35(55)33(53)27(17-49)62-42)65-40-36(56)32(52)26(51)18-58-40/h15,24-42,49,51-57H,9-14,16-21H2,1-8H3/t24-,25+,26+,27+,28+,29-,30-,31+,32-,33+,34-,35-,36+,37+,38+,39-,40-,41-,42-,44+,45+,46+,47+,48+/m1/s1. The van der Waals surface area contributed by atoms with Crippen molar-refractivity contribution < 1.29 is 88.3 Å². The van der Waals surface area contributed by atoms with E-state index in [1.807, 2.05) is 6.92 Å². The van der Waals surface area contributed by atoms with Crippen molar-refractivity contribution in [1.82, 2.24) is 0 Å². The maximum Gasteiger partial charge on any atom is 0.303 e.